The lowest BCUT2D eigenvalue weighted by atomic mass is 9.74. The summed E-state index contributed by atoms with van der Waals surface area (Å²) in [6.45, 7) is 2.39. The van der Waals surface area contributed by atoms with Gasteiger partial charge in [-0.1, -0.05) is 249 Å². The predicted molar refractivity (Wildman–Crippen MR) is 309 cm³/mol. The molecule has 1 aliphatic rings. The van der Waals surface area contributed by atoms with Crippen LogP contribution in [0.4, 0.5) is 17.1 Å². The summed E-state index contributed by atoms with van der Waals surface area (Å²) in [7, 11) is 0. The molecule has 0 radical (unpaired) electrons. The van der Waals surface area contributed by atoms with E-state index in [-0.39, 0.29) is 5.41 Å². The molecule has 0 aromatic heterocycles. The van der Waals surface area contributed by atoms with Gasteiger partial charge < -0.3 is 4.90 Å². The van der Waals surface area contributed by atoms with Crippen LogP contribution in [0.2, 0.25) is 0 Å². The highest BCUT2D eigenvalue weighted by Crippen LogP contribution is 2.53. The Morgan fingerprint density at radius 3 is 1.30 bits per heavy atom. The van der Waals surface area contributed by atoms with E-state index >= 15 is 0 Å². The van der Waals surface area contributed by atoms with Gasteiger partial charge in [-0.2, -0.15) is 0 Å². The number of hydrogen-bond acceptors (Lipinski definition) is 1. The number of anilines is 3. The number of para-hydroxylation sites is 1. The van der Waals surface area contributed by atoms with Crippen molar-refractivity contribution in [3.63, 3.8) is 0 Å². The van der Waals surface area contributed by atoms with Crippen LogP contribution in [0, 0.1) is 0 Å². The smallest absolute Gasteiger partial charge is 0.0540 e. The molecule has 0 bridgehead atoms. The second kappa shape index (κ2) is 18.5. The quantitative estimate of drug-likeness (QED) is 0.132. The lowest BCUT2D eigenvalue weighted by Crippen LogP contribution is -2.22. The molecular formula is C72H51N. The summed E-state index contributed by atoms with van der Waals surface area (Å²) in [6, 6.07) is 107. The zero-order valence-electron chi connectivity index (χ0n) is 40.7. The van der Waals surface area contributed by atoms with Gasteiger partial charge in [0.05, 0.1) is 5.69 Å². The molecule has 0 spiro atoms. The molecule has 12 aromatic rings. The molecular weight excluding hydrogens is 879 g/mol. The SMILES string of the molecule is CC1(c2ccccc2)c2ccccc2-c2ccc(-c3ccc(N(c4ccc(-c5ccc(-c6ccc7ccccc7c6)cc5)cc4)c4ccccc4-c4ccccc4-c4ccccc4-c4ccccc4)cc3)cc21. The summed E-state index contributed by atoms with van der Waals surface area (Å²) in [5.41, 5.74) is 23.9. The lowest BCUT2D eigenvalue weighted by Gasteiger charge is -2.29. The van der Waals surface area contributed by atoms with E-state index in [9.17, 15) is 0 Å². The lowest BCUT2D eigenvalue weighted by molar-refractivity contribution is 0.714. The first-order valence-corrected chi connectivity index (χ1v) is 25.3. The van der Waals surface area contributed by atoms with E-state index in [1.54, 1.807) is 0 Å². The van der Waals surface area contributed by atoms with E-state index in [2.05, 4.69) is 303 Å². The van der Waals surface area contributed by atoms with Crippen LogP contribution in [-0.4, -0.2) is 0 Å². The topological polar surface area (TPSA) is 3.24 Å². The molecule has 12 aromatic carbocycles. The maximum atomic E-state index is 2.43. The highest BCUT2D eigenvalue weighted by atomic mass is 15.1. The Hall–Kier alpha value is -9.30. The van der Waals surface area contributed by atoms with Gasteiger partial charge in [-0.15, -0.1) is 0 Å². The van der Waals surface area contributed by atoms with E-state index in [4.69, 9.17) is 0 Å². The minimum absolute atomic E-state index is 0.271. The molecule has 0 N–H and O–H groups in total. The first-order chi connectivity index (χ1) is 36.1. The summed E-state index contributed by atoms with van der Waals surface area (Å²) in [5.74, 6) is 0. The van der Waals surface area contributed by atoms with Crippen molar-refractivity contribution in [2.45, 2.75) is 12.3 Å². The molecule has 73 heavy (non-hydrogen) atoms. The molecule has 1 aliphatic carbocycles. The Bertz CT molecular complexity index is 3950. The molecule has 0 heterocycles. The van der Waals surface area contributed by atoms with Gasteiger partial charge in [0.15, 0.2) is 0 Å². The summed E-state index contributed by atoms with van der Waals surface area (Å²) in [4.78, 5) is 2.43. The van der Waals surface area contributed by atoms with Gasteiger partial charge in [-0.05, 0) is 149 Å². The number of fused-ring (bicyclic) bond motifs is 4. The Morgan fingerprint density at radius 2 is 0.658 bits per heavy atom. The van der Waals surface area contributed by atoms with Gasteiger partial charge in [0.1, 0.15) is 0 Å². The third kappa shape index (κ3) is 7.84. The van der Waals surface area contributed by atoms with E-state index in [1.807, 2.05) is 0 Å². The van der Waals surface area contributed by atoms with Gasteiger partial charge >= 0.3 is 0 Å². The van der Waals surface area contributed by atoms with Crippen LogP contribution < -0.4 is 4.90 Å². The fourth-order valence-corrected chi connectivity index (χ4v) is 11.4. The van der Waals surface area contributed by atoms with Gasteiger partial charge in [0.2, 0.25) is 0 Å². The second-order valence-electron chi connectivity index (χ2n) is 19.3. The fraction of sp³-hybridized carbons (Fsp3) is 0.0278. The molecule has 344 valence electrons. The van der Waals surface area contributed by atoms with E-state index in [1.165, 1.54) is 99.8 Å². The predicted octanol–water partition coefficient (Wildman–Crippen LogP) is 19.6. The summed E-state index contributed by atoms with van der Waals surface area (Å²) < 4.78 is 0. The third-order valence-corrected chi connectivity index (χ3v) is 15.2. The van der Waals surface area contributed by atoms with Crippen molar-refractivity contribution in [3.05, 3.63) is 308 Å². The number of rotatable bonds is 10. The summed E-state index contributed by atoms with van der Waals surface area (Å²) >= 11 is 0. The molecule has 0 amide bonds. The molecule has 1 heteroatoms. The number of hydrogen-bond donors (Lipinski definition) is 0. The molecule has 1 unspecified atom stereocenters. The standard InChI is InChI=1S/C72H51N/c1-72(59-22-6-3-7-23-59)69-30-16-14-28-66(69)67-47-42-58(49-70(67)72)54-40-45-61(46-41-54)73(60-43-38-52(39-44-60)51-32-34-53(35-33-51)57-37-36-50-18-8-9-21-56(50)48-57)71-31-17-15-29-68(71)65-27-13-12-26-64(65)63-25-11-10-24-62(63)55-19-4-2-5-20-55/h2-49H,1H3. The zero-order valence-corrected chi connectivity index (χ0v) is 40.7. The van der Waals surface area contributed by atoms with Gasteiger partial charge in [0, 0.05) is 22.4 Å². The molecule has 13 rings (SSSR count). The second-order valence-corrected chi connectivity index (χ2v) is 19.3. The van der Waals surface area contributed by atoms with E-state index in [0.29, 0.717) is 0 Å². The van der Waals surface area contributed by atoms with Crippen LogP contribution in [0.3, 0.4) is 0 Å². The molecule has 0 saturated carbocycles. The first-order valence-electron chi connectivity index (χ1n) is 25.3. The van der Waals surface area contributed by atoms with Gasteiger partial charge in [0.25, 0.3) is 0 Å². The first kappa shape index (κ1) is 43.7. The maximum Gasteiger partial charge on any atom is 0.0540 e. The maximum absolute atomic E-state index is 2.43. The number of nitrogens with zero attached hydrogens (tertiary/aromatic N) is 1. The highest BCUT2D eigenvalue weighted by molar-refractivity contribution is 5.98. The normalized spacial score (nSPS) is 13.6. The van der Waals surface area contributed by atoms with Crippen molar-refractivity contribution in [2.75, 3.05) is 4.90 Å². The van der Waals surface area contributed by atoms with Crippen LogP contribution in [0.5, 0.6) is 0 Å². The van der Waals surface area contributed by atoms with Crippen LogP contribution >= 0.6 is 0 Å². The van der Waals surface area contributed by atoms with Crippen molar-refractivity contribution in [3.8, 4) is 77.9 Å². The zero-order chi connectivity index (χ0) is 48.7. The largest absolute Gasteiger partial charge is 0.310 e. The Kier molecular flexibility index (Phi) is 11.1. The summed E-state index contributed by atoms with van der Waals surface area (Å²) in [6.07, 6.45) is 0. The molecule has 0 fully saturated rings. The van der Waals surface area contributed by atoms with Crippen LogP contribution in [0.25, 0.3) is 88.7 Å². The van der Waals surface area contributed by atoms with Crippen molar-refractivity contribution in [1.82, 2.24) is 0 Å². The van der Waals surface area contributed by atoms with Crippen molar-refractivity contribution >= 4 is 27.8 Å². The van der Waals surface area contributed by atoms with Crippen LogP contribution in [-0.2, 0) is 5.41 Å². The minimum Gasteiger partial charge on any atom is -0.310 e. The fourth-order valence-electron chi connectivity index (χ4n) is 11.4. The molecule has 1 nitrogen and oxygen atoms in total. The van der Waals surface area contributed by atoms with Crippen LogP contribution in [0.15, 0.2) is 291 Å². The van der Waals surface area contributed by atoms with Gasteiger partial charge in [-0.3, -0.25) is 0 Å². The average Bonchev–Trinajstić information content (AvgIpc) is 3.74. The Morgan fingerprint density at radius 1 is 0.247 bits per heavy atom. The van der Waals surface area contributed by atoms with Crippen molar-refractivity contribution < 1.29 is 0 Å². The third-order valence-electron chi connectivity index (χ3n) is 15.2. The number of benzene rings is 12. The monoisotopic (exact) mass is 929 g/mol. The summed E-state index contributed by atoms with van der Waals surface area (Å²) in [5, 5.41) is 2.51. The Labute approximate surface area is 428 Å². The molecule has 0 aliphatic heterocycles. The minimum atomic E-state index is -0.271. The van der Waals surface area contributed by atoms with Crippen molar-refractivity contribution in [2.24, 2.45) is 0 Å². The van der Waals surface area contributed by atoms with Crippen molar-refractivity contribution in [1.29, 1.82) is 0 Å². The Balaban J connectivity index is 0.905. The highest BCUT2D eigenvalue weighted by Gasteiger charge is 2.40. The van der Waals surface area contributed by atoms with Crippen LogP contribution in [0.1, 0.15) is 23.6 Å². The molecule has 1 atom stereocenters. The average molecular weight is 930 g/mol. The molecule has 0 saturated heterocycles. The van der Waals surface area contributed by atoms with Gasteiger partial charge in [-0.25, -0.2) is 0 Å². The van der Waals surface area contributed by atoms with E-state index in [0.717, 1.165) is 22.6 Å². The van der Waals surface area contributed by atoms with E-state index < -0.39 is 0 Å².